The van der Waals surface area contributed by atoms with E-state index in [2.05, 4.69) is 83.1 Å². The maximum atomic E-state index is 11.9. The Morgan fingerprint density at radius 1 is 0.778 bits per heavy atom. The number of ether oxygens (including phenoxy) is 2. The molecule has 0 saturated carbocycles. The molecule has 5 heteroatoms. The summed E-state index contributed by atoms with van der Waals surface area (Å²) in [5, 5.41) is 0. The minimum atomic E-state index is -0.492. The van der Waals surface area contributed by atoms with Crippen molar-refractivity contribution in [1.29, 1.82) is 0 Å². The number of carbonyl (C=O) groups is 2. The third-order valence-corrected chi connectivity index (χ3v) is 6.50. The molecule has 0 heterocycles. The van der Waals surface area contributed by atoms with Gasteiger partial charge in [0, 0.05) is 0 Å². The Balaban J connectivity index is 0. The third-order valence-electron chi connectivity index (χ3n) is 6.50. The van der Waals surface area contributed by atoms with Crippen molar-refractivity contribution in [3.05, 3.63) is 0 Å². The fourth-order valence-electron chi connectivity index (χ4n) is 5.42. The summed E-state index contributed by atoms with van der Waals surface area (Å²) in [5.74, 6) is 0.150. The topological polar surface area (TPSA) is 78.6 Å². The second kappa shape index (κ2) is 17.4. The lowest BCUT2D eigenvalue weighted by molar-refractivity contribution is -0.149. The quantitative estimate of drug-likeness (QED) is 0.147. The van der Waals surface area contributed by atoms with E-state index in [1.54, 1.807) is 0 Å². The number of esters is 1. The van der Waals surface area contributed by atoms with Crippen molar-refractivity contribution in [3.63, 3.8) is 0 Å². The highest BCUT2D eigenvalue weighted by molar-refractivity contribution is 5.75. The van der Waals surface area contributed by atoms with E-state index in [-0.39, 0.29) is 22.2 Å². The normalized spacial score (nSPS) is 13.6. The van der Waals surface area contributed by atoms with Gasteiger partial charge in [-0.25, -0.2) is 0 Å². The Morgan fingerprint density at radius 3 is 1.56 bits per heavy atom. The Hall–Kier alpha value is -1.10. The molecule has 0 amide bonds. The Bertz CT molecular complexity index is 593. The van der Waals surface area contributed by atoms with Crippen molar-refractivity contribution in [1.82, 2.24) is 0 Å². The van der Waals surface area contributed by atoms with Crippen molar-refractivity contribution < 1.29 is 19.1 Å². The van der Waals surface area contributed by atoms with Gasteiger partial charge in [0.15, 0.2) is 0 Å². The van der Waals surface area contributed by atoms with Crippen LogP contribution in [0.4, 0.5) is 0 Å². The first-order valence-corrected chi connectivity index (χ1v) is 14.3. The molecule has 0 aliphatic heterocycles. The zero-order chi connectivity index (χ0) is 28.6. The van der Waals surface area contributed by atoms with Crippen molar-refractivity contribution in [2.24, 2.45) is 33.3 Å². The van der Waals surface area contributed by atoms with Gasteiger partial charge in [0.1, 0.15) is 6.04 Å². The fourth-order valence-corrected chi connectivity index (χ4v) is 5.42. The predicted molar refractivity (Wildman–Crippen MR) is 154 cm³/mol. The minimum absolute atomic E-state index is 0.00947. The van der Waals surface area contributed by atoms with Crippen LogP contribution in [0.3, 0.4) is 0 Å². The summed E-state index contributed by atoms with van der Waals surface area (Å²) in [6.07, 6.45) is 10.3. The van der Waals surface area contributed by atoms with Gasteiger partial charge in [-0.2, -0.15) is 0 Å². The van der Waals surface area contributed by atoms with Crippen LogP contribution in [0.2, 0.25) is 0 Å². The van der Waals surface area contributed by atoms with Crippen LogP contribution in [0.15, 0.2) is 0 Å². The van der Waals surface area contributed by atoms with Crippen LogP contribution in [-0.4, -0.2) is 31.7 Å². The lowest BCUT2D eigenvalue weighted by atomic mass is 9.73. The number of hydrogen-bond acceptors (Lipinski definition) is 5. The Kier molecular flexibility index (Phi) is 17.9. The molecule has 5 nitrogen and oxygen atoms in total. The van der Waals surface area contributed by atoms with Crippen LogP contribution in [0.5, 0.6) is 0 Å². The van der Waals surface area contributed by atoms with Gasteiger partial charge >= 0.3 is 5.97 Å². The molecular weight excluding hydrogens is 450 g/mol. The van der Waals surface area contributed by atoms with Gasteiger partial charge in [-0.15, -0.1) is 0 Å². The van der Waals surface area contributed by atoms with Crippen molar-refractivity contribution >= 4 is 12.4 Å². The molecule has 0 radical (unpaired) electrons. The van der Waals surface area contributed by atoms with Crippen molar-refractivity contribution in [2.45, 2.75) is 147 Å². The first-order chi connectivity index (χ1) is 16.3. The fraction of sp³-hybridized carbons (Fsp3) is 0.935. The summed E-state index contributed by atoms with van der Waals surface area (Å²) in [6, 6.07) is -0.492. The van der Waals surface area contributed by atoms with Gasteiger partial charge in [-0.3, -0.25) is 9.59 Å². The second-order valence-electron chi connectivity index (χ2n) is 14.5. The summed E-state index contributed by atoms with van der Waals surface area (Å²) in [4.78, 5) is 22.1. The second-order valence-corrected chi connectivity index (χ2v) is 14.5. The molecule has 0 rings (SSSR count). The van der Waals surface area contributed by atoms with Crippen molar-refractivity contribution in [3.8, 4) is 0 Å². The molecule has 1 atom stereocenters. The van der Waals surface area contributed by atoms with E-state index < -0.39 is 6.04 Å². The molecule has 36 heavy (non-hydrogen) atoms. The zero-order valence-electron chi connectivity index (χ0n) is 26.2. The molecule has 0 saturated heterocycles. The van der Waals surface area contributed by atoms with Crippen LogP contribution >= 0.6 is 0 Å². The molecule has 1 unspecified atom stereocenters. The molecule has 0 aromatic rings. The van der Waals surface area contributed by atoms with Gasteiger partial charge in [0.2, 0.25) is 0 Å². The average Bonchev–Trinajstić information content (AvgIpc) is 2.72. The molecule has 0 aliphatic carbocycles. The Labute approximate surface area is 225 Å². The van der Waals surface area contributed by atoms with Gasteiger partial charge in [0.05, 0.1) is 13.2 Å². The molecule has 0 aromatic carbocycles. The standard InChI is InChI=1S/C18H37NO2.C13H26O2/c1-8-9-10-17(4,5)12-18(6,7)13-21-16(20)15(19)11-14(2)3;1-6-7-8-12(2,3)9-13(4,5)10-15-11-14/h14-15H,8-13,19H2,1-7H3;11H,6-10H2,1-5H3. The van der Waals surface area contributed by atoms with E-state index in [1.165, 1.54) is 38.5 Å². The van der Waals surface area contributed by atoms with E-state index in [9.17, 15) is 9.59 Å². The maximum Gasteiger partial charge on any atom is 0.322 e. The molecule has 0 aromatic heterocycles. The van der Waals surface area contributed by atoms with Gasteiger partial charge in [-0.05, 0) is 59.7 Å². The predicted octanol–water partition coefficient (Wildman–Crippen LogP) is 8.33. The number of nitrogens with two attached hydrogens (primary N) is 1. The van der Waals surface area contributed by atoms with Crippen LogP contribution in [0.1, 0.15) is 141 Å². The number of hydrogen-bond donors (Lipinski definition) is 1. The van der Waals surface area contributed by atoms with Crippen molar-refractivity contribution in [2.75, 3.05) is 13.2 Å². The smallest absolute Gasteiger partial charge is 0.322 e. The van der Waals surface area contributed by atoms with E-state index in [4.69, 9.17) is 15.2 Å². The summed E-state index contributed by atoms with van der Waals surface area (Å²) in [7, 11) is 0. The first kappa shape index (κ1) is 37.1. The molecular formula is C31H63NO4. The SMILES string of the molecule is CCCCC(C)(C)CC(C)(C)COC(=O)C(N)CC(C)C.CCCCC(C)(C)CC(C)(C)COC=O. The molecule has 0 fully saturated rings. The summed E-state index contributed by atoms with van der Waals surface area (Å²) in [6.45, 7) is 27.9. The minimum Gasteiger partial charge on any atom is -0.467 e. The lowest BCUT2D eigenvalue weighted by Crippen LogP contribution is -2.36. The van der Waals surface area contributed by atoms with E-state index in [0.29, 0.717) is 37.4 Å². The highest BCUT2D eigenvalue weighted by Crippen LogP contribution is 2.38. The maximum absolute atomic E-state index is 11.9. The summed E-state index contributed by atoms with van der Waals surface area (Å²) in [5.41, 5.74) is 6.56. The largest absolute Gasteiger partial charge is 0.467 e. The lowest BCUT2D eigenvalue weighted by Gasteiger charge is -2.35. The molecule has 0 aliphatic rings. The number of rotatable bonds is 18. The molecule has 0 bridgehead atoms. The van der Waals surface area contributed by atoms with E-state index >= 15 is 0 Å². The number of unbranched alkanes of at least 4 members (excludes halogenated alkanes) is 2. The highest BCUT2D eigenvalue weighted by atomic mass is 16.5. The van der Waals surface area contributed by atoms with Gasteiger partial charge < -0.3 is 15.2 Å². The zero-order valence-corrected chi connectivity index (χ0v) is 26.2. The summed E-state index contributed by atoms with van der Waals surface area (Å²) >= 11 is 0. The van der Waals surface area contributed by atoms with E-state index in [1.807, 2.05) is 0 Å². The third kappa shape index (κ3) is 21.0. The molecule has 2 N–H and O–H groups in total. The first-order valence-electron chi connectivity index (χ1n) is 14.3. The Morgan fingerprint density at radius 2 is 1.19 bits per heavy atom. The number of carbonyl (C=O) groups excluding carboxylic acids is 2. The van der Waals surface area contributed by atoms with E-state index in [0.717, 1.165) is 12.8 Å². The highest BCUT2D eigenvalue weighted by Gasteiger charge is 2.31. The van der Waals surface area contributed by atoms with Crippen LogP contribution in [-0.2, 0) is 19.1 Å². The summed E-state index contributed by atoms with van der Waals surface area (Å²) < 4.78 is 10.3. The monoisotopic (exact) mass is 513 g/mol. The van der Waals surface area contributed by atoms with Gasteiger partial charge in [0.25, 0.3) is 6.47 Å². The van der Waals surface area contributed by atoms with Crippen LogP contribution in [0.25, 0.3) is 0 Å². The molecule has 0 spiro atoms. The average molecular weight is 514 g/mol. The van der Waals surface area contributed by atoms with Crippen LogP contribution < -0.4 is 5.73 Å². The van der Waals surface area contributed by atoms with Crippen LogP contribution in [0, 0.1) is 27.6 Å². The molecule has 216 valence electrons. The van der Waals surface area contributed by atoms with Gasteiger partial charge in [-0.1, -0.05) is 109 Å².